The molecule has 0 atom stereocenters. The molecule has 2 heterocycles. The standard InChI is InChI=1S/C21H19BrF2N2O2S2/c22-19-9-10-20(29-19)30(27,28)26-13-11-25(12-14-26)21(15-1-5-17(23)6-2-15)16-3-7-18(24)8-4-16/h1-10,21H,11-14H2. The highest BCUT2D eigenvalue weighted by Crippen LogP contribution is 2.32. The molecule has 1 saturated heterocycles. The van der Waals surface area contributed by atoms with E-state index in [1.165, 1.54) is 39.9 Å². The third kappa shape index (κ3) is 4.50. The van der Waals surface area contributed by atoms with Gasteiger partial charge < -0.3 is 0 Å². The van der Waals surface area contributed by atoms with Crippen LogP contribution in [0.25, 0.3) is 0 Å². The van der Waals surface area contributed by atoms with Crippen LogP contribution in [0.2, 0.25) is 0 Å². The molecule has 1 aromatic heterocycles. The fourth-order valence-corrected chi connectivity index (χ4v) is 7.26. The number of nitrogens with zero attached hydrogens (tertiary/aromatic N) is 2. The fourth-order valence-electron chi connectivity index (χ4n) is 3.67. The summed E-state index contributed by atoms with van der Waals surface area (Å²) < 4.78 is 55.3. The van der Waals surface area contributed by atoms with Gasteiger partial charge in [0.1, 0.15) is 15.8 Å². The Morgan fingerprint density at radius 2 is 1.30 bits per heavy atom. The monoisotopic (exact) mass is 512 g/mol. The minimum absolute atomic E-state index is 0.216. The topological polar surface area (TPSA) is 40.6 Å². The summed E-state index contributed by atoms with van der Waals surface area (Å²) >= 11 is 4.51. The highest BCUT2D eigenvalue weighted by Gasteiger charge is 2.33. The molecule has 4 nitrogen and oxygen atoms in total. The van der Waals surface area contributed by atoms with Crippen LogP contribution in [0.3, 0.4) is 0 Å². The molecule has 2 aromatic carbocycles. The van der Waals surface area contributed by atoms with Crippen LogP contribution >= 0.6 is 27.3 Å². The van der Waals surface area contributed by atoms with Crippen LogP contribution in [-0.2, 0) is 10.0 Å². The molecule has 3 aromatic rings. The van der Waals surface area contributed by atoms with Crippen molar-refractivity contribution in [1.82, 2.24) is 9.21 Å². The van der Waals surface area contributed by atoms with Gasteiger partial charge in [0.15, 0.2) is 0 Å². The van der Waals surface area contributed by atoms with Gasteiger partial charge in [0, 0.05) is 26.2 Å². The average Bonchev–Trinajstić information content (AvgIpc) is 3.19. The van der Waals surface area contributed by atoms with E-state index in [9.17, 15) is 17.2 Å². The summed E-state index contributed by atoms with van der Waals surface area (Å²) in [7, 11) is -3.53. The van der Waals surface area contributed by atoms with E-state index in [2.05, 4.69) is 20.8 Å². The van der Waals surface area contributed by atoms with E-state index in [0.717, 1.165) is 14.9 Å². The summed E-state index contributed by atoms with van der Waals surface area (Å²) in [4.78, 5) is 2.15. The zero-order valence-corrected chi connectivity index (χ0v) is 19.1. The third-order valence-electron chi connectivity index (χ3n) is 5.15. The summed E-state index contributed by atoms with van der Waals surface area (Å²) in [5, 5.41) is 0. The van der Waals surface area contributed by atoms with Crippen LogP contribution in [0.5, 0.6) is 0 Å². The van der Waals surface area contributed by atoms with Gasteiger partial charge in [0.2, 0.25) is 0 Å². The minimum Gasteiger partial charge on any atom is -0.290 e. The molecule has 0 N–H and O–H groups in total. The normalized spacial score (nSPS) is 16.3. The maximum absolute atomic E-state index is 13.5. The number of benzene rings is 2. The van der Waals surface area contributed by atoms with Crippen molar-refractivity contribution in [3.8, 4) is 0 Å². The summed E-state index contributed by atoms with van der Waals surface area (Å²) in [6.45, 7) is 1.70. The number of hydrogen-bond acceptors (Lipinski definition) is 4. The number of thiophene rings is 1. The number of hydrogen-bond donors (Lipinski definition) is 0. The molecule has 1 aliphatic rings. The van der Waals surface area contributed by atoms with Crippen molar-refractivity contribution >= 4 is 37.3 Å². The average molecular weight is 513 g/mol. The van der Waals surface area contributed by atoms with E-state index in [1.807, 2.05) is 0 Å². The highest BCUT2D eigenvalue weighted by atomic mass is 79.9. The van der Waals surface area contributed by atoms with Gasteiger partial charge in [-0.3, -0.25) is 4.90 Å². The van der Waals surface area contributed by atoms with Gasteiger partial charge in [0.05, 0.1) is 9.83 Å². The van der Waals surface area contributed by atoms with E-state index in [4.69, 9.17) is 0 Å². The maximum Gasteiger partial charge on any atom is 0.252 e. The van der Waals surface area contributed by atoms with Crippen LogP contribution in [0.1, 0.15) is 17.2 Å². The maximum atomic E-state index is 13.5. The Balaban J connectivity index is 1.57. The van der Waals surface area contributed by atoms with Crippen molar-refractivity contribution in [2.75, 3.05) is 26.2 Å². The molecule has 30 heavy (non-hydrogen) atoms. The second-order valence-electron chi connectivity index (χ2n) is 7.00. The largest absolute Gasteiger partial charge is 0.290 e. The van der Waals surface area contributed by atoms with Gasteiger partial charge in [-0.05, 0) is 63.5 Å². The van der Waals surface area contributed by atoms with E-state index < -0.39 is 10.0 Å². The van der Waals surface area contributed by atoms with Crippen LogP contribution in [0, 0.1) is 11.6 Å². The number of halogens is 3. The second-order valence-corrected chi connectivity index (χ2v) is 11.6. The lowest BCUT2D eigenvalue weighted by Crippen LogP contribution is -2.49. The fraction of sp³-hybridized carbons (Fsp3) is 0.238. The zero-order chi connectivity index (χ0) is 21.3. The lowest BCUT2D eigenvalue weighted by Gasteiger charge is -2.39. The summed E-state index contributed by atoms with van der Waals surface area (Å²) in [6, 6.07) is 15.6. The number of sulfonamides is 1. The van der Waals surface area contributed by atoms with Crippen LogP contribution in [0.15, 0.2) is 68.7 Å². The molecule has 0 saturated carbocycles. The predicted octanol–water partition coefficient (Wildman–Crippen LogP) is 4.88. The third-order valence-corrected chi connectivity index (χ3v) is 9.14. The van der Waals surface area contributed by atoms with Crippen LogP contribution in [-0.4, -0.2) is 43.8 Å². The molecular weight excluding hydrogens is 494 g/mol. The number of rotatable bonds is 5. The highest BCUT2D eigenvalue weighted by molar-refractivity contribution is 9.11. The zero-order valence-electron chi connectivity index (χ0n) is 15.8. The summed E-state index contributed by atoms with van der Waals surface area (Å²) in [5.74, 6) is -0.649. The Kier molecular flexibility index (Phi) is 6.36. The first-order valence-electron chi connectivity index (χ1n) is 9.35. The van der Waals surface area contributed by atoms with Gasteiger partial charge in [-0.25, -0.2) is 17.2 Å². The Labute approximate surface area is 186 Å². The molecule has 0 amide bonds. The lowest BCUT2D eigenvalue weighted by molar-refractivity contribution is 0.156. The van der Waals surface area contributed by atoms with E-state index in [0.29, 0.717) is 30.4 Å². The number of piperazine rings is 1. The molecule has 0 aliphatic carbocycles. The molecular formula is C21H19BrF2N2O2S2. The molecule has 0 radical (unpaired) electrons. The molecule has 9 heteroatoms. The van der Waals surface area contributed by atoms with E-state index >= 15 is 0 Å². The van der Waals surface area contributed by atoms with Crippen molar-refractivity contribution in [2.24, 2.45) is 0 Å². The molecule has 1 aliphatic heterocycles. The Morgan fingerprint density at radius 1 is 0.800 bits per heavy atom. The van der Waals surface area contributed by atoms with Gasteiger partial charge in [-0.15, -0.1) is 11.3 Å². The van der Waals surface area contributed by atoms with Crippen molar-refractivity contribution in [3.63, 3.8) is 0 Å². The van der Waals surface area contributed by atoms with Gasteiger partial charge in [-0.1, -0.05) is 24.3 Å². The quantitative estimate of drug-likeness (QED) is 0.488. The molecule has 0 bridgehead atoms. The first-order valence-corrected chi connectivity index (χ1v) is 12.4. The van der Waals surface area contributed by atoms with Gasteiger partial charge in [0.25, 0.3) is 10.0 Å². The van der Waals surface area contributed by atoms with Crippen molar-refractivity contribution in [3.05, 3.63) is 87.2 Å². The van der Waals surface area contributed by atoms with Crippen molar-refractivity contribution in [2.45, 2.75) is 10.3 Å². The predicted molar refractivity (Wildman–Crippen MR) is 117 cm³/mol. The minimum atomic E-state index is -3.53. The molecule has 158 valence electrons. The molecule has 0 unspecified atom stereocenters. The van der Waals surface area contributed by atoms with E-state index in [-0.39, 0.29) is 17.7 Å². The van der Waals surface area contributed by atoms with E-state index in [1.54, 1.807) is 36.4 Å². The SMILES string of the molecule is O=S(=O)(c1ccc(Br)s1)N1CCN(C(c2ccc(F)cc2)c2ccc(F)cc2)CC1. The summed E-state index contributed by atoms with van der Waals surface area (Å²) in [5.41, 5.74) is 1.75. The Morgan fingerprint density at radius 3 is 1.73 bits per heavy atom. The van der Waals surface area contributed by atoms with Crippen LogP contribution in [0.4, 0.5) is 8.78 Å². The Bertz CT molecular complexity index is 1070. The van der Waals surface area contributed by atoms with Gasteiger partial charge >= 0.3 is 0 Å². The second kappa shape index (κ2) is 8.84. The van der Waals surface area contributed by atoms with Crippen molar-refractivity contribution in [1.29, 1.82) is 0 Å². The smallest absolute Gasteiger partial charge is 0.252 e. The molecule has 0 spiro atoms. The molecule has 4 rings (SSSR count). The lowest BCUT2D eigenvalue weighted by atomic mass is 9.96. The first-order chi connectivity index (χ1) is 14.3. The van der Waals surface area contributed by atoms with Crippen molar-refractivity contribution < 1.29 is 17.2 Å². The van der Waals surface area contributed by atoms with Gasteiger partial charge in [-0.2, -0.15) is 4.31 Å². The van der Waals surface area contributed by atoms with Crippen LogP contribution < -0.4 is 0 Å². The first kappa shape index (κ1) is 21.6. The Hall–Kier alpha value is -1.65. The summed E-state index contributed by atoms with van der Waals surface area (Å²) in [6.07, 6.45) is 0. The molecule has 1 fully saturated rings.